The molecule has 0 aliphatic heterocycles. The van der Waals surface area contributed by atoms with Gasteiger partial charge in [-0.05, 0) is 73.5 Å². The number of hydrogen-bond acceptors (Lipinski definition) is 5. The maximum atomic E-state index is 13.3. The number of carbonyl (C=O) groups excluding carboxylic acids is 1. The first-order valence-electron chi connectivity index (χ1n) is 12.0. The van der Waals surface area contributed by atoms with Crippen LogP contribution in [0.3, 0.4) is 0 Å². The number of rotatable bonds is 11. The van der Waals surface area contributed by atoms with Crippen LogP contribution in [0.4, 0.5) is 5.69 Å². The first-order chi connectivity index (χ1) is 18.3. The number of hydrogen-bond donors (Lipinski definition) is 2. The van der Waals surface area contributed by atoms with Gasteiger partial charge in [0.2, 0.25) is 15.9 Å². The van der Waals surface area contributed by atoms with Crippen molar-refractivity contribution in [2.24, 2.45) is 0 Å². The van der Waals surface area contributed by atoms with Crippen LogP contribution in [0, 0.1) is 0 Å². The Morgan fingerprint density at radius 2 is 1.50 bits per heavy atom. The zero-order chi connectivity index (χ0) is 27.0. The number of benzene rings is 4. The lowest BCUT2D eigenvalue weighted by atomic mass is 10.1. The van der Waals surface area contributed by atoms with Gasteiger partial charge in [0.25, 0.3) is 0 Å². The molecule has 0 aliphatic carbocycles. The number of nitrogens with one attached hydrogen (secondary N) is 2. The minimum Gasteiger partial charge on any atom is -0.492 e. The summed E-state index contributed by atoms with van der Waals surface area (Å²) < 4.78 is 40.2. The average Bonchev–Trinajstić information content (AvgIpc) is 2.92. The number of anilines is 1. The van der Waals surface area contributed by atoms with Gasteiger partial charge in [0.1, 0.15) is 23.3 Å². The lowest BCUT2D eigenvalue weighted by Gasteiger charge is -2.19. The molecule has 0 radical (unpaired) electrons. The first-order valence-corrected chi connectivity index (χ1v) is 13.8. The SMILES string of the molecule is CCOc1ccc(S(=O)(=O)N[C@@H](Cc2ccccc2)C(=O)Nc2ccc(Oc3ccccc3)cc2)cc1Cl. The number of para-hydroxylation sites is 1. The van der Waals surface area contributed by atoms with E-state index in [-0.39, 0.29) is 16.3 Å². The molecule has 0 aromatic heterocycles. The Bertz CT molecular complexity index is 1460. The van der Waals surface area contributed by atoms with E-state index >= 15 is 0 Å². The van der Waals surface area contributed by atoms with Crippen LogP contribution in [0.1, 0.15) is 12.5 Å². The Kier molecular flexibility index (Phi) is 9.02. The number of sulfonamides is 1. The van der Waals surface area contributed by atoms with Crippen molar-refractivity contribution in [3.05, 3.63) is 114 Å². The maximum Gasteiger partial charge on any atom is 0.242 e. The summed E-state index contributed by atoms with van der Waals surface area (Å²) >= 11 is 6.21. The molecule has 0 aliphatic rings. The van der Waals surface area contributed by atoms with Crippen molar-refractivity contribution in [2.75, 3.05) is 11.9 Å². The summed E-state index contributed by atoms with van der Waals surface area (Å²) in [4.78, 5) is 13.2. The van der Waals surface area contributed by atoms with Crippen molar-refractivity contribution in [1.82, 2.24) is 4.72 Å². The minimum absolute atomic E-state index is 0.0702. The largest absolute Gasteiger partial charge is 0.492 e. The van der Waals surface area contributed by atoms with Crippen molar-refractivity contribution < 1.29 is 22.7 Å². The Morgan fingerprint density at radius 3 is 2.13 bits per heavy atom. The maximum absolute atomic E-state index is 13.3. The fraction of sp³-hybridized carbons (Fsp3) is 0.138. The summed E-state index contributed by atoms with van der Waals surface area (Å²) in [6.07, 6.45) is 0.145. The van der Waals surface area contributed by atoms with E-state index in [1.54, 1.807) is 31.2 Å². The predicted octanol–water partition coefficient (Wildman–Crippen LogP) is 6.06. The quantitative estimate of drug-likeness (QED) is 0.237. The second-order valence-corrected chi connectivity index (χ2v) is 10.4. The summed E-state index contributed by atoms with van der Waals surface area (Å²) in [6.45, 7) is 2.20. The van der Waals surface area contributed by atoms with Crippen molar-refractivity contribution in [3.63, 3.8) is 0 Å². The molecule has 0 unspecified atom stereocenters. The summed E-state index contributed by atoms with van der Waals surface area (Å²) in [5.74, 6) is 1.16. The Hall–Kier alpha value is -3.85. The topological polar surface area (TPSA) is 93.7 Å². The van der Waals surface area contributed by atoms with Crippen LogP contribution in [0.2, 0.25) is 5.02 Å². The van der Waals surface area contributed by atoms with Crippen molar-refractivity contribution in [1.29, 1.82) is 0 Å². The average molecular weight is 551 g/mol. The van der Waals surface area contributed by atoms with Gasteiger partial charge in [0.15, 0.2) is 0 Å². The smallest absolute Gasteiger partial charge is 0.242 e. The number of amides is 1. The molecular formula is C29H27ClN2O5S. The molecular weight excluding hydrogens is 524 g/mol. The monoisotopic (exact) mass is 550 g/mol. The van der Waals surface area contributed by atoms with E-state index in [0.29, 0.717) is 29.5 Å². The van der Waals surface area contributed by atoms with Gasteiger partial charge >= 0.3 is 0 Å². The molecule has 0 fully saturated rings. The third-order valence-corrected chi connectivity index (χ3v) is 7.28. The highest BCUT2D eigenvalue weighted by atomic mass is 35.5. The van der Waals surface area contributed by atoms with Crippen LogP contribution in [-0.4, -0.2) is 27.0 Å². The molecule has 0 saturated heterocycles. The number of halogens is 1. The second kappa shape index (κ2) is 12.6. The molecule has 0 saturated carbocycles. The summed E-state index contributed by atoms with van der Waals surface area (Å²) in [5, 5.41) is 2.96. The lowest BCUT2D eigenvalue weighted by Crippen LogP contribution is -2.45. The summed E-state index contributed by atoms with van der Waals surface area (Å²) in [6, 6.07) is 28.4. The molecule has 1 atom stereocenters. The van der Waals surface area contributed by atoms with Gasteiger partial charge < -0.3 is 14.8 Å². The van der Waals surface area contributed by atoms with Gasteiger partial charge in [-0.3, -0.25) is 4.79 Å². The standard InChI is InChI=1S/C29H27ClN2O5S/c1-2-36-28-18-17-25(20-26(28)30)38(34,35)32-27(19-21-9-5-3-6-10-21)29(33)31-22-13-15-24(16-14-22)37-23-11-7-4-8-12-23/h3-18,20,27,32H,2,19H2,1H3,(H,31,33)/t27-/m0/s1. The molecule has 0 spiro atoms. The highest BCUT2D eigenvalue weighted by molar-refractivity contribution is 7.89. The summed E-state index contributed by atoms with van der Waals surface area (Å²) in [7, 11) is -4.08. The fourth-order valence-electron chi connectivity index (χ4n) is 3.67. The molecule has 196 valence electrons. The zero-order valence-electron chi connectivity index (χ0n) is 20.6. The number of ether oxygens (including phenoxy) is 2. The van der Waals surface area contributed by atoms with Gasteiger partial charge in [0, 0.05) is 5.69 Å². The molecule has 7 nitrogen and oxygen atoms in total. The zero-order valence-corrected chi connectivity index (χ0v) is 22.2. The van der Waals surface area contributed by atoms with Crippen LogP contribution >= 0.6 is 11.6 Å². The van der Waals surface area contributed by atoms with E-state index < -0.39 is 22.0 Å². The van der Waals surface area contributed by atoms with Crippen LogP contribution in [-0.2, 0) is 21.2 Å². The van der Waals surface area contributed by atoms with E-state index in [4.69, 9.17) is 21.1 Å². The van der Waals surface area contributed by atoms with E-state index in [1.807, 2.05) is 60.7 Å². The predicted molar refractivity (Wildman–Crippen MR) is 148 cm³/mol. The molecule has 1 amide bonds. The van der Waals surface area contributed by atoms with Gasteiger partial charge in [-0.2, -0.15) is 4.72 Å². The van der Waals surface area contributed by atoms with E-state index in [9.17, 15) is 13.2 Å². The third-order valence-electron chi connectivity index (χ3n) is 5.51. The van der Waals surface area contributed by atoms with Gasteiger partial charge in [-0.15, -0.1) is 0 Å². The number of carbonyl (C=O) groups is 1. The highest BCUT2D eigenvalue weighted by Gasteiger charge is 2.27. The molecule has 38 heavy (non-hydrogen) atoms. The van der Waals surface area contributed by atoms with Crippen molar-refractivity contribution in [2.45, 2.75) is 24.3 Å². The first kappa shape index (κ1) is 27.2. The second-order valence-electron chi connectivity index (χ2n) is 8.32. The van der Waals surface area contributed by atoms with E-state index in [0.717, 1.165) is 5.56 Å². The van der Waals surface area contributed by atoms with Crippen LogP contribution in [0.5, 0.6) is 17.2 Å². The third kappa shape index (κ3) is 7.35. The molecule has 9 heteroatoms. The van der Waals surface area contributed by atoms with E-state index in [2.05, 4.69) is 10.0 Å². The Labute approximate surface area is 227 Å². The van der Waals surface area contributed by atoms with Crippen LogP contribution < -0.4 is 19.5 Å². The molecule has 4 aromatic rings. The molecule has 0 bridgehead atoms. The van der Waals surface area contributed by atoms with Crippen LogP contribution in [0.25, 0.3) is 0 Å². The normalized spacial score (nSPS) is 11.9. The van der Waals surface area contributed by atoms with Gasteiger partial charge in [0.05, 0.1) is 16.5 Å². The van der Waals surface area contributed by atoms with Crippen molar-refractivity contribution >= 4 is 33.2 Å². The van der Waals surface area contributed by atoms with Gasteiger partial charge in [-0.25, -0.2) is 8.42 Å². The van der Waals surface area contributed by atoms with Crippen LogP contribution in [0.15, 0.2) is 108 Å². The Morgan fingerprint density at radius 1 is 0.868 bits per heavy atom. The Balaban J connectivity index is 1.51. The summed E-state index contributed by atoms with van der Waals surface area (Å²) in [5.41, 5.74) is 1.29. The van der Waals surface area contributed by atoms with Crippen molar-refractivity contribution in [3.8, 4) is 17.2 Å². The minimum atomic E-state index is -4.08. The highest BCUT2D eigenvalue weighted by Crippen LogP contribution is 2.28. The molecule has 0 heterocycles. The van der Waals surface area contributed by atoms with Gasteiger partial charge in [-0.1, -0.05) is 60.1 Å². The molecule has 4 aromatic carbocycles. The fourth-order valence-corrected chi connectivity index (χ4v) is 5.20. The lowest BCUT2D eigenvalue weighted by molar-refractivity contribution is -0.117. The van der Waals surface area contributed by atoms with E-state index in [1.165, 1.54) is 18.2 Å². The molecule has 2 N–H and O–H groups in total. The molecule has 4 rings (SSSR count).